The molecular formula is C20H26N4O3. The molecule has 1 saturated heterocycles. The van der Waals surface area contributed by atoms with Gasteiger partial charge in [0.05, 0.1) is 7.11 Å². The molecule has 0 bridgehead atoms. The summed E-state index contributed by atoms with van der Waals surface area (Å²) in [5.41, 5.74) is 1.29. The Morgan fingerprint density at radius 2 is 1.78 bits per heavy atom. The van der Waals surface area contributed by atoms with Crippen molar-refractivity contribution < 1.29 is 9.53 Å². The van der Waals surface area contributed by atoms with Gasteiger partial charge in [-0.1, -0.05) is 13.3 Å². The number of aromatic nitrogens is 2. The molecule has 0 saturated carbocycles. The van der Waals surface area contributed by atoms with E-state index in [1.165, 1.54) is 16.8 Å². The molecule has 1 fully saturated rings. The molecule has 0 aliphatic carbocycles. The summed E-state index contributed by atoms with van der Waals surface area (Å²) in [6.07, 6.45) is 1.84. The molecule has 0 radical (unpaired) electrons. The van der Waals surface area contributed by atoms with E-state index in [0.29, 0.717) is 25.3 Å². The lowest BCUT2D eigenvalue weighted by Crippen LogP contribution is -2.49. The van der Waals surface area contributed by atoms with E-state index in [1.54, 1.807) is 12.0 Å². The maximum atomic E-state index is 12.8. The summed E-state index contributed by atoms with van der Waals surface area (Å²) >= 11 is 0. The number of carbonyl (C=O) groups is 1. The molecule has 1 aromatic carbocycles. The predicted octanol–water partition coefficient (Wildman–Crippen LogP) is 2.01. The first kappa shape index (κ1) is 18.9. The smallest absolute Gasteiger partial charge is 0.274 e. The third kappa shape index (κ3) is 4.48. The first-order chi connectivity index (χ1) is 13.1. The van der Waals surface area contributed by atoms with Crippen LogP contribution in [-0.2, 0) is 6.54 Å². The van der Waals surface area contributed by atoms with Gasteiger partial charge >= 0.3 is 0 Å². The van der Waals surface area contributed by atoms with Crippen molar-refractivity contribution in [3.63, 3.8) is 0 Å². The van der Waals surface area contributed by atoms with E-state index >= 15 is 0 Å². The monoisotopic (exact) mass is 370 g/mol. The third-order valence-corrected chi connectivity index (χ3v) is 4.81. The van der Waals surface area contributed by atoms with Gasteiger partial charge in [-0.15, -0.1) is 0 Å². The Kier molecular flexibility index (Phi) is 6.11. The summed E-state index contributed by atoms with van der Waals surface area (Å²) in [5, 5.41) is 4.27. The fraction of sp³-hybridized carbons (Fsp3) is 0.450. The SMILES string of the molecule is CCCCn1nc(C(=O)N2CCN(c3ccc(OC)cc3)CC2)ccc1=O. The predicted molar refractivity (Wildman–Crippen MR) is 105 cm³/mol. The average molecular weight is 370 g/mol. The molecule has 7 heteroatoms. The molecule has 2 heterocycles. The molecular weight excluding hydrogens is 344 g/mol. The highest BCUT2D eigenvalue weighted by atomic mass is 16.5. The molecule has 7 nitrogen and oxygen atoms in total. The van der Waals surface area contributed by atoms with E-state index in [9.17, 15) is 9.59 Å². The number of amides is 1. The molecule has 0 N–H and O–H groups in total. The zero-order valence-corrected chi connectivity index (χ0v) is 15.9. The minimum absolute atomic E-state index is 0.116. The Balaban J connectivity index is 1.63. The summed E-state index contributed by atoms with van der Waals surface area (Å²) in [7, 11) is 1.65. The van der Waals surface area contributed by atoms with E-state index in [2.05, 4.69) is 16.9 Å². The van der Waals surface area contributed by atoms with Gasteiger partial charge in [0.2, 0.25) is 0 Å². The maximum absolute atomic E-state index is 12.8. The molecule has 2 aromatic rings. The van der Waals surface area contributed by atoms with Crippen LogP contribution < -0.4 is 15.2 Å². The Morgan fingerprint density at radius 3 is 2.41 bits per heavy atom. The lowest BCUT2D eigenvalue weighted by Gasteiger charge is -2.36. The molecule has 1 aromatic heterocycles. The third-order valence-electron chi connectivity index (χ3n) is 4.81. The fourth-order valence-corrected chi connectivity index (χ4v) is 3.15. The second-order valence-corrected chi connectivity index (χ2v) is 6.61. The molecule has 0 spiro atoms. The zero-order valence-electron chi connectivity index (χ0n) is 15.9. The number of piperazine rings is 1. The van der Waals surface area contributed by atoms with E-state index in [4.69, 9.17) is 4.74 Å². The largest absolute Gasteiger partial charge is 0.497 e. The van der Waals surface area contributed by atoms with Gasteiger partial charge in [-0.05, 0) is 36.8 Å². The standard InChI is InChI=1S/C20H26N4O3/c1-3-4-11-24-19(25)10-9-18(21-24)20(26)23-14-12-22(13-15-23)16-5-7-17(27-2)8-6-16/h5-10H,3-4,11-15H2,1-2H3. The highest BCUT2D eigenvalue weighted by Crippen LogP contribution is 2.20. The van der Waals surface area contributed by atoms with Crippen molar-refractivity contribution in [3.8, 4) is 5.75 Å². The summed E-state index contributed by atoms with van der Waals surface area (Å²) in [5.74, 6) is 0.714. The number of benzene rings is 1. The van der Waals surface area contributed by atoms with Gasteiger partial charge in [0.15, 0.2) is 0 Å². The first-order valence-electron chi connectivity index (χ1n) is 9.39. The summed E-state index contributed by atoms with van der Waals surface area (Å²) in [6, 6.07) is 10.9. The summed E-state index contributed by atoms with van der Waals surface area (Å²) < 4.78 is 6.59. The molecule has 144 valence electrons. The van der Waals surface area contributed by atoms with Gasteiger partial charge in [0.1, 0.15) is 11.4 Å². The number of ether oxygens (including phenoxy) is 1. The van der Waals surface area contributed by atoms with Crippen LogP contribution >= 0.6 is 0 Å². The van der Waals surface area contributed by atoms with Gasteiger partial charge < -0.3 is 14.5 Å². The van der Waals surface area contributed by atoms with Gasteiger partial charge in [-0.3, -0.25) is 9.59 Å². The Labute approximate surface area is 159 Å². The number of aryl methyl sites for hydroxylation is 1. The fourth-order valence-electron chi connectivity index (χ4n) is 3.15. The van der Waals surface area contributed by atoms with E-state index in [-0.39, 0.29) is 11.5 Å². The highest BCUT2D eigenvalue weighted by Gasteiger charge is 2.23. The van der Waals surface area contributed by atoms with Gasteiger partial charge in [0, 0.05) is 44.5 Å². The minimum Gasteiger partial charge on any atom is -0.497 e. The number of nitrogens with zero attached hydrogens (tertiary/aromatic N) is 4. The van der Waals surface area contributed by atoms with Gasteiger partial charge in [-0.25, -0.2) is 4.68 Å². The van der Waals surface area contributed by atoms with Crippen LogP contribution in [0, 0.1) is 0 Å². The van der Waals surface area contributed by atoms with Crippen molar-refractivity contribution in [1.29, 1.82) is 0 Å². The number of hydrogen-bond acceptors (Lipinski definition) is 5. The Hall–Kier alpha value is -2.83. The second-order valence-electron chi connectivity index (χ2n) is 6.61. The molecule has 27 heavy (non-hydrogen) atoms. The summed E-state index contributed by atoms with van der Waals surface area (Å²) in [4.78, 5) is 28.7. The molecule has 1 amide bonds. The van der Waals surface area contributed by atoms with Crippen LogP contribution in [0.4, 0.5) is 5.69 Å². The van der Waals surface area contributed by atoms with Crippen molar-refractivity contribution in [3.05, 3.63) is 52.4 Å². The average Bonchev–Trinajstić information content (AvgIpc) is 2.73. The highest BCUT2D eigenvalue weighted by molar-refractivity contribution is 5.92. The quantitative estimate of drug-likeness (QED) is 0.778. The van der Waals surface area contributed by atoms with Crippen molar-refractivity contribution in [2.75, 3.05) is 38.2 Å². The van der Waals surface area contributed by atoms with Crippen LogP contribution in [-0.4, -0.2) is 53.9 Å². The van der Waals surface area contributed by atoms with E-state index in [0.717, 1.165) is 37.4 Å². The zero-order chi connectivity index (χ0) is 19.2. The van der Waals surface area contributed by atoms with Crippen molar-refractivity contribution in [2.24, 2.45) is 0 Å². The van der Waals surface area contributed by atoms with Gasteiger partial charge in [0.25, 0.3) is 11.5 Å². The number of anilines is 1. The lowest BCUT2D eigenvalue weighted by atomic mass is 10.2. The topological polar surface area (TPSA) is 67.7 Å². The number of methoxy groups -OCH3 is 1. The summed E-state index contributed by atoms with van der Waals surface area (Å²) in [6.45, 7) is 5.37. The van der Waals surface area contributed by atoms with Crippen molar-refractivity contribution >= 4 is 11.6 Å². The first-order valence-corrected chi connectivity index (χ1v) is 9.39. The van der Waals surface area contributed by atoms with Crippen LogP contribution in [0.2, 0.25) is 0 Å². The van der Waals surface area contributed by atoms with Crippen LogP contribution in [0.1, 0.15) is 30.3 Å². The number of rotatable bonds is 6. The van der Waals surface area contributed by atoms with Crippen LogP contribution in [0.5, 0.6) is 5.75 Å². The Morgan fingerprint density at radius 1 is 1.07 bits per heavy atom. The van der Waals surface area contributed by atoms with Crippen LogP contribution in [0.25, 0.3) is 0 Å². The maximum Gasteiger partial charge on any atom is 0.274 e. The lowest BCUT2D eigenvalue weighted by molar-refractivity contribution is 0.0738. The van der Waals surface area contributed by atoms with Crippen molar-refractivity contribution in [1.82, 2.24) is 14.7 Å². The Bertz CT molecular complexity index is 824. The molecule has 3 rings (SSSR count). The number of unbranched alkanes of at least 4 members (excludes halogenated alkanes) is 1. The van der Waals surface area contributed by atoms with Gasteiger partial charge in [-0.2, -0.15) is 5.10 Å². The molecule has 0 atom stereocenters. The van der Waals surface area contributed by atoms with Crippen molar-refractivity contribution in [2.45, 2.75) is 26.3 Å². The van der Waals surface area contributed by atoms with E-state index in [1.807, 2.05) is 24.3 Å². The van der Waals surface area contributed by atoms with E-state index < -0.39 is 0 Å². The molecule has 1 aliphatic heterocycles. The van der Waals surface area contributed by atoms with Crippen LogP contribution in [0.15, 0.2) is 41.2 Å². The number of hydrogen-bond donors (Lipinski definition) is 0. The van der Waals surface area contributed by atoms with Crippen LogP contribution in [0.3, 0.4) is 0 Å². The normalized spacial score (nSPS) is 14.3. The minimum atomic E-state index is -0.163. The molecule has 1 aliphatic rings. The second kappa shape index (κ2) is 8.70. The molecule has 0 unspecified atom stereocenters. The number of carbonyl (C=O) groups excluding carboxylic acids is 1.